The molecule has 5 heterocycles. The maximum Gasteiger partial charge on any atom is 0.408 e. The Labute approximate surface area is 212 Å². The van der Waals surface area contributed by atoms with E-state index in [1.165, 1.54) is 35.4 Å². The summed E-state index contributed by atoms with van der Waals surface area (Å²) in [6.45, 7) is 2.54. The van der Waals surface area contributed by atoms with Crippen LogP contribution in [0.4, 0.5) is 24.9 Å². The van der Waals surface area contributed by atoms with E-state index < -0.39 is 30.1 Å². The van der Waals surface area contributed by atoms with E-state index in [2.05, 4.69) is 19.9 Å². The Bertz CT molecular complexity index is 1310. The number of morpholine rings is 1. The quantitative estimate of drug-likeness (QED) is 0.493. The number of nitrogens with one attached hydrogen (secondary N) is 1. The Balaban J connectivity index is 0.000000396. The van der Waals surface area contributed by atoms with E-state index in [0.29, 0.717) is 19.8 Å². The van der Waals surface area contributed by atoms with Crippen molar-refractivity contribution < 1.29 is 22.7 Å². The highest BCUT2D eigenvalue weighted by atomic mass is 32.1. The van der Waals surface area contributed by atoms with Crippen molar-refractivity contribution in [3.63, 3.8) is 0 Å². The zero-order valence-corrected chi connectivity index (χ0v) is 20.5. The Morgan fingerprint density at radius 3 is 2.68 bits per heavy atom. The topological polar surface area (TPSA) is 126 Å². The van der Waals surface area contributed by atoms with Gasteiger partial charge in [0.1, 0.15) is 11.9 Å². The Morgan fingerprint density at radius 1 is 1.27 bits per heavy atom. The smallest absolute Gasteiger partial charge is 0.377 e. The van der Waals surface area contributed by atoms with Crippen molar-refractivity contribution >= 4 is 28.9 Å². The second-order valence-electron chi connectivity index (χ2n) is 8.36. The van der Waals surface area contributed by atoms with Gasteiger partial charge in [0.05, 0.1) is 32.1 Å². The van der Waals surface area contributed by atoms with Crippen LogP contribution in [0.5, 0.6) is 0 Å². The Hall–Kier alpha value is -3.59. The summed E-state index contributed by atoms with van der Waals surface area (Å²) in [5.41, 5.74) is -0.559. The molecule has 0 spiro atoms. The molecule has 2 atom stereocenters. The summed E-state index contributed by atoms with van der Waals surface area (Å²) in [4.78, 5) is 52.5. The fraction of sp³-hybridized carbons (Fsp3) is 0.455. The largest absolute Gasteiger partial charge is 0.408 e. The Morgan fingerprint density at radius 2 is 2.08 bits per heavy atom. The fourth-order valence-corrected chi connectivity index (χ4v) is 4.65. The highest BCUT2D eigenvalue weighted by molar-refractivity contribution is 7.11. The molecule has 3 aromatic heterocycles. The number of nitrogens with zero attached hydrogens (tertiary/aromatic N) is 6. The minimum Gasteiger partial charge on any atom is -0.377 e. The number of anilines is 2. The van der Waals surface area contributed by atoms with Crippen molar-refractivity contribution in [1.82, 2.24) is 24.5 Å². The van der Waals surface area contributed by atoms with E-state index in [0.717, 1.165) is 16.2 Å². The number of carbonyl (C=O) groups excluding carboxylic acids is 1. The molecule has 0 radical (unpaired) electrons. The van der Waals surface area contributed by atoms with Crippen LogP contribution in [0.3, 0.4) is 0 Å². The zero-order chi connectivity index (χ0) is 26.6. The number of fused-ring (bicyclic) bond motifs is 1. The van der Waals surface area contributed by atoms with Crippen molar-refractivity contribution in [3.05, 3.63) is 61.9 Å². The number of ether oxygens (including phenoxy) is 1. The van der Waals surface area contributed by atoms with Gasteiger partial charge in [-0.05, 0) is 13.3 Å². The third-order valence-electron chi connectivity index (χ3n) is 5.85. The van der Waals surface area contributed by atoms with Crippen LogP contribution in [0, 0.1) is 0 Å². The van der Waals surface area contributed by atoms with E-state index in [1.54, 1.807) is 5.38 Å². The lowest BCUT2D eigenvalue weighted by Gasteiger charge is -2.40. The van der Waals surface area contributed by atoms with Gasteiger partial charge in [-0.2, -0.15) is 18.2 Å². The van der Waals surface area contributed by atoms with E-state index in [-0.39, 0.29) is 41.3 Å². The first kappa shape index (κ1) is 26.5. The van der Waals surface area contributed by atoms with Crippen LogP contribution in [-0.2, 0) is 11.3 Å². The summed E-state index contributed by atoms with van der Waals surface area (Å²) in [6.07, 6.45) is -0.698. The number of alkyl halides is 3. The molecule has 0 bridgehead atoms. The first-order chi connectivity index (χ1) is 17.6. The van der Waals surface area contributed by atoms with Crippen LogP contribution in [0.15, 0.2) is 45.8 Å². The number of thiazole rings is 1. The van der Waals surface area contributed by atoms with Crippen molar-refractivity contribution in [2.24, 2.45) is 0 Å². The molecule has 15 heteroatoms. The molecule has 0 amide bonds. The third kappa shape index (κ3) is 6.22. The lowest BCUT2D eigenvalue weighted by molar-refractivity contribution is -0.152. The zero-order valence-electron chi connectivity index (χ0n) is 19.7. The number of halogens is 3. The average molecular weight is 540 g/mol. The van der Waals surface area contributed by atoms with Crippen molar-refractivity contribution in [2.75, 3.05) is 36.1 Å². The minimum absolute atomic E-state index is 0.0823. The molecule has 2 aliphatic heterocycles. The molecule has 5 rings (SSSR count). The van der Waals surface area contributed by atoms with Crippen LogP contribution in [0.25, 0.3) is 0 Å². The number of ketones is 1. The number of aromatic amines is 1. The highest BCUT2D eigenvalue weighted by Gasteiger charge is 2.47. The van der Waals surface area contributed by atoms with Crippen LogP contribution >= 0.6 is 11.3 Å². The van der Waals surface area contributed by atoms with Gasteiger partial charge in [0, 0.05) is 43.0 Å². The van der Waals surface area contributed by atoms with Gasteiger partial charge in [-0.1, -0.05) is 0 Å². The lowest BCUT2D eigenvalue weighted by Crippen LogP contribution is -2.54. The van der Waals surface area contributed by atoms with Gasteiger partial charge < -0.3 is 19.5 Å². The van der Waals surface area contributed by atoms with E-state index in [4.69, 9.17) is 4.74 Å². The van der Waals surface area contributed by atoms with Gasteiger partial charge in [-0.25, -0.2) is 9.97 Å². The molecule has 0 unspecified atom stereocenters. The van der Waals surface area contributed by atoms with Gasteiger partial charge in [0.15, 0.2) is 5.01 Å². The van der Waals surface area contributed by atoms with E-state index in [9.17, 15) is 27.6 Å². The molecule has 198 valence electrons. The van der Waals surface area contributed by atoms with Crippen molar-refractivity contribution in [1.29, 1.82) is 0 Å². The van der Waals surface area contributed by atoms with Gasteiger partial charge >= 0.3 is 6.18 Å². The summed E-state index contributed by atoms with van der Waals surface area (Å²) in [6, 6.07) is 0.701. The third-order valence-corrected chi connectivity index (χ3v) is 6.67. The van der Waals surface area contributed by atoms with Crippen LogP contribution < -0.4 is 20.9 Å². The van der Waals surface area contributed by atoms with Gasteiger partial charge in [-0.3, -0.25) is 19.0 Å². The predicted molar refractivity (Wildman–Crippen MR) is 129 cm³/mol. The van der Waals surface area contributed by atoms with Gasteiger partial charge in [-0.15, -0.1) is 11.3 Å². The molecule has 11 nitrogen and oxygen atoms in total. The first-order valence-electron chi connectivity index (χ1n) is 11.4. The van der Waals surface area contributed by atoms with Crippen molar-refractivity contribution in [2.45, 2.75) is 38.1 Å². The standard InChI is InChI=1S/C18H20F3N5O3S.C4H4N2O/c1-11-10-29-6-5-24(11)14-8-15(28)25-4-2-13(18(19,20)21)26(17(25)23-14)9-12(27)16-22-3-7-30-16;7-4-1-2-5-3-6-4/h3,7-8,11,13H,2,4-6,9-10H2,1H3;1-3H,(H,5,6,7)/t11-,13+;/m1./s1. The average Bonchev–Trinajstić information content (AvgIpc) is 3.40. The van der Waals surface area contributed by atoms with Crippen LogP contribution in [0.1, 0.15) is 23.1 Å². The molecule has 1 saturated heterocycles. The molecule has 0 aliphatic carbocycles. The summed E-state index contributed by atoms with van der Waals surface area (Å²) in [5.74, 6) is -0.404. The molecule has 0 saturated carbocycles. The van der Waals surface area contributed by atoms with Gasteiger partial charge in [0.2, 0.25) is 11.7 Å². The van der Waals surface area contributed by atoms with Crippen LogP contribution in [-0.4, -0.2) is 74.8 Å². The number of hydrogen-bond donors (Lipinski definition) is 1. The second-order valence-corrected chi connectivity index (χ2v) is 9.25. The SMILES string of the molecule is C[C@@H]1COCCN1c1cc(=O)n2c(n1)N(CC(=O)c1nccs1)[C@H](C(F)(F)F)CC2.O=c1ccnc[nH]1. The number of hydrogen-bond acceptors (Lipinski definition) is 10. The molecule has 1 fully saturated rings. The Kier molecular flexibility index (Phi) is 8.02. The molecule has 1 N–H and O–H groups in total. The highest BCUT2D eigenvalue weighted by Crippen LogP contribution is 2.34. The molecule has 3 aromatic rings. The van der Waals surface area contributed by atoms with Crippen LogP contribution in [0.2, 0.25) is 0 Å². The fourth-order valence-electron chi connectivity index (χ4n) is 4.08. The number of rotatable bonds is 4. The van der Waals surface area contributed by atoms with E-state index in [1.807, 2.05) is 11.8 Å². The number of carbonyl (C=O) groups is 1. The molecule has 2 aliphatic rings. The maximum atomic E-state index is 13.8. The normalized spacial score (nSPS) is 19.6. The minimum atomic E-state index is -4.58. The maximum absolute atomic E-state index is 13.8. The molecular formula is C22H24F3N7O4S. The number of Topliss-reactive ketones (excluding diaryl/α,β-unsaturated/α-hetero) is 1. The monoisotopic (exact) mass is 539 g/mol. The second kappa shape index (κ2) is 11.2. The summed E-state index contributed by atoms with van der Waals surface area (Å²) < 4.78 is 48.0. The summed E-state index contributed by atoms with van der Waals surface area (Å²) in [7, 11) is 0. The number of aromatic nitrogens is 5. The molecule has 37 heavy (non-hydrogen) atoms. The molecular weight excluding hydrogens is 515 g/mol. The first-order valence-corrected chi connectivity index (χ1v) is 12.2. The predicted octanol–water partition coefficient (Wildman–Crippen LogP) is 1.72. The van der Waals surface area contributed by atoms with E-state index >= 15 is 0 Å². The summed E-state index contributed by atoms with van der Waals surface area (Å²) in [5, 5.41) is 1.70. The lowest BCUT2D eigenvalue weighted by atomic mass is 10.1. The van der Waals surface area contributed by atoms with Gasteiger partial charge in [0.25, 0.3) is 11.1 Å². The molecule has 0 aromatic carbocycles. The van der Waals surface area contributed by atoms with Crippen molar-refractivity contribution in [3.8, 4) is 0 Å². The number of H-pyrrole nitrogens is 1. The summed E-state index contributed by atoms with van der Waals surface area (Å²) >= 11 is 1.06.